The van der Waals surface area contributed by atoms with Crippen molar-refractivity contribution in [1.29, 1.82) is 0 Å². The molecule has 1 aromatic carbocycles. The summed E-state index contributed by atoms with van der Waals surface area (Å²) in [4.78, 5) is 8.94. The Morgan fingerprint density at radius 2 is 1.96 bits per heavy atom. The van der Waals surface area contributed by atoms with E-state index in [1.165, 1.54) is 38.5 Å². The topological polar surface area (TPSA) is 89.3 Å². The third kappa shape index (κ3) is 5.05. The van der Waals surface area contributed by atoms with Gasteiger partial charge in [0.15, 0.2) is 5.96 Å². The first-order valence-corrected chi connectivity index (χ1v) is 9.18. The van der Waals surface area contributed by atoms with Crippen LogP contribution in [0.4, 0.5) is 0 Å². The van der Waals surface area contributed by atoms with E-state index in [4.69, 9.17) is 10.3 Å². The Labute approximate surface area is 148 Å². The molecule has 6 heteroatoms. The van der Waals surface area contributed by atoms with Crippen molar-refractivity contribution < 1.29 is 4.52 Å². The van der Waals surface area contributed by atoms with E-state index in [1.807, 2.05) is 37.3 Å². The van der Waals surface area contributed by atoms with Crippen molar-refractivity contribution in [3.63, 3.8) is 0 Å². The van der Waals surface area contributed by atoms with Crippen LogP contribution >= 0.6 is 0 Å². The van der Waals surface area contributed by atoms with Gasteiger partial charge in [-0.05, 0) is 12.8 Å². The zero-order valence-electron chi connectivity index (χ0n) is 14.8. The highest BCUT2D eigenvalue weighted by molar-refractivity contribution is 5.78. The third-order valence-corrected chi connectivity index (χ3v) is 4.64. The lowest BCUT2D eigenvalue weighted by atomic mass is 10.1. The van der Waals surface area contributed by atoms with Crippen LogP contribution in [0.1, 0.15) is 57.3 Å². The second kappa shape index (κ2) is 8.65. The summed E-state index contributed by atoms with van der Waals surface area (Å²) in [6.45, 7) is 2.55. The van der Waals surface area contributed by atoms with Crippen LogP contribution in [-0.4, -0.2) is 28.7 Å². The average molecular weight is 341 g/mol. The van der Waals surface area contributed by atoms with Gasteiger partial charge in [-0.1, -0.05) is 68.1 Å². The molecule has 25 heavy (non-hydrogen) atoms. The summed E-state index contributed by atoms with van der Waals surface area (Å²) in [6.07, 6.45) is 7.54. The summed E-state index contributed by atoms with van der Waals surface area (Å²) < 4.78 is 5.39. The summed E-state index contributed by atoms with van der Waals surface area (Å²) in [5.74, 6) is 1.74. The molecule has 134 valence electrons. The lowest BCUT2D eigenvalue weighted by Gasteiger charge is -2.16. The molecule has 1 aliphatic rings. The molecule has 1 fully saturated rings. The van der Waals surface area contributed by atoms with E-state index >= 15 is 0 Å². The average Bonchev–Trinajstić information content (AvgIpc) is 3.00. The van der Waals surface area contributed by atoms with Crippen LogP contribution in [0.5, 0.6) is 0 Å². The van der Waals surface area contributed by atoms with Gasteiger partial charge in [0.05, 0.1) is 12.5 Å². The Morgan fingerprint density at radius 1 is 1.24 bits per heavy atom. The van der Waals surface area contributed by atoms with Crippen LogP contribution in [0.2, 0.25) is 0 Å². The van der Waals surface area contributed by atoms with Crippen molar-refractivity contribution in [2.24, 2.45) is 10.7 Å². The SMILES string of the molecule is CC(CN=C(N)NC1CCCCCC1)c1nc(-c2ccccc2)no1. The largest absolute Gasteiger partial charge is 0.370 e. The van der Waals surface area contributed by atoms with Crippen LogP contribution in [0.25, 0.3) is 11.4 Å². The maximum atomic E-state index is 6.05. The van der Waals surface area contributed by atoms with Crippen LogP contribution in [0.15, 0.2) is 39.8 Å². The Morgan fingerprint density at radius 3 is 2.68 bits per heavy atom. The van der Waals surface area contributed by atoms with E-state index in [1.54, 1.807) is 0 Å². The van der Waals surface area contributed by atoms with Crippen molar-refractivity contribution in [1.82, 2.24) is 15.5 Å². The standard InChI is InChI=1S/C19H27N5O/c1-14(13-21-19(20)22-16-11-7-2-3-8-12-16)18-23-17(24-25-18)15-9-5-4-6-10-15/h4-6,9-10,14,16H,2-3,7-8,11-13H2,1H3,(H3,20,21,22). The van der Waals surface area contributed by atoms with Crippen LogP contribution in [0, 0.1) is 0 Å². The first-order valence-electron chi connectivity index (χ1n) is 9.18. The Hall–Kier alpha value is -2.37. The second-order valence-electron chi connectivity index (χ2n) is 6.78. The number of aliphatic imine (C=N–C) groups is 1. The number of nitrogens with one attached hydrogen (secondary N) is 1. The number of benzene rings is 1. The Bertz CT molecular complexity index is 674. The third-order valence-electron chi connectivity index (χ3n) is 4.64. The van der Waals surface area contributed by atoms with Gasteiger partial charge in [0, 0.05) is 11.6 Å². The highest BCUT2D eigenvalue weighted by atomic mass is 16.5. The predicted octanol–water partition coefficient (Wildman–Crippen LogP) is 3.47. The van der Waals surface area contributed by atoms with Gasteiger partial charge in [0.25, 0.3) is 0 Å². The lowest BCUT2D eigenvalue weighted by Crippen LogP contribution is -2.40. The minimum absolute atomic E-state index is 0.0273. The van der Waals surface area contributed by atoms with Gasteiger partial charge < -0.3 is 15.6 Å². The quantitative estimate of drug-likeness (QED) is 0.494. The van der Waals surface area contributed by atoms with Gasteiger partial charge >= 0.3 is 0 Å². The molecule has 3 rings (SSSR count). The van der Waals surface area contributed by atoms with E-state index in [2.05, 4.69) is 20.4 Å². The zero-order chi connectivity index (χ0) is 17.5. The summed E-state index contributed by atoms with van der Waals surface area (Å²) in [6, 6.07) is 10.3. The fourth-order valence-electron chi connectivity index (χ4n) is 3.13. The molecule has 0 saturated heterocycles. The minimum atomic E-state index is 0.0273. The second-order valence-corrected chi connectivity index (χ2v) is 6.78. The highest BCUT2D eigenvalue weighted by Crippen LogP contribution is 2.20. The van der Waals surface area contributed by atoms with Crippen molar-refractivity contribution in [2.75, 3.05) is 6.54 Å². The molecule has 1 aliphatic carbocycles. The number of aromatic nitrogens is 2. The Kier molecular flexibility index (Phi) is 6.04. The summed E-state index contributed by atoms with van der Waals surface area (Å²) >= 11 is 0. The number of hydrogen-bond donors (Lipinski definition) is 2. The molecule has 2 aromatic rings. The monoisotopic (exact) mass is 341 g/mol. The van der Waals surface area contributed by atoms with E-state index in [0.29, 0.717) is 30.3 Å². The highest BCUT2D eigenvalue weighted by Gasteiger charge is 2.16. The van der Waals surface area contributed by atoms with Gasteiger partial charge in [-0.15, -0.1) is 0 Å². The molecule has 0 amide bonds. The van der Waals surface area contributed by atoms with Gasteiger partial charge in [-0.3, -0.25) is 4.99 Å². The zero-order valence-corrected chi connectivity index (χ0v) is 14.8. The number of nitrogens with zero attached hydrogens (tertiary/aromatic N) is 3. The van der Waals surface area contributed by atoms with Crippen molar-refractivity contribution in [3.05, 3.63) is 36.2 Å². The summed E-state index contributed by atoms with van der Waals surface area (Å²) in [7, 11) is 0. The molecule has 1 unspecified atom stereocenters. The summed E-state index contributed by atoms with van der Waals surface area (Å²) in [5.41, 5.74) is 7.00. The fraction of sp³-hybridized carbons (Fsp3) is 0.526. The van der Waals surface area contributed by atoms with Gasteiger partial charge in [-0.2, -0.15) is 4.98 Å². The van der Waals surface area contributed by atoms with Crippen molar-refractivity contribution in [3.8, 4) is 11.4 Å². The van der Waals surface area contributed by atoms with E-state index < -0.39 is 0 Å². The maximum absolute atomic E-state index is 6.05. The molecule has 0 radical (unpaired) electrons. The van der Waals surface area contributed by atoms with Crippen LogP contribution in [-0.2, 0) is 0 Å². The predicted molar refractivity (Wildman–Crippen MR) is 99.3 cm³/mol. The molecule has 3 N–H and O–H groups in total. The number of hydrogen-bond acceptors (Lipinski definition) is 4. The number of rotatable bonds is 5. The van der Waals surface area contributed by atoms with Gasteiger partial charge in [0.1, 0.15) is 0 Å². The van der Waals surface area contributed by atoms with Crippen molar-refractivity contribution >= 4 is 5.96 Å². The molecule has 0 spiro atoms. The number of nitrogens with two attached hydrogens (primary N) is 1. The van der Waals surface area contributed by atoms with E-state index in [0.717, 1.165) is 5.56 Å². The smallest absolute Gasteiger partial charge is 0.231 e. The lowest BCUT2D eigenvalue weighted by molar-refractivity contribution is 0.361. The molecule has 6 nitrogen and oxygen atoms in total. The molecule has 1 atom stereocenters. The van der Waals surface area contributed by atoms with Gasteiger partial charge in [0.2, 0.25) is 11.7 Å². The molecule has 1 heterocycles. The fourth-order valence-corrected chi connectivity index (χ4v) is 3.13. The van der Waals surface area contributed by atoms with Gasteiger partial charge in [-0.25, -0.2) is 0 Å². The molecular formula is C19H27N5O. The molecular weight excluding hydrogens is 314 g/mol. The Balaban J connectivity index is 1.54. The minimum Gasteiger partial charge on any atom is -0.370 e. The number of guanidine groups is 1. The van der Waals surface area contributed by atoms with E-state index in [9.17, 15) is 0 Å². The van der Waals surface area contributed by atoms with E-state index in [-0.39, 0.29) is 5.92 Å². The summed E-state index contributed by atoms with van der Waals surface area (Å²) in [5, 5.41) is 7.41. The molecule has 0 bridgehead atoms. The molecule has 1 saturated carbocycles. The normalized spacial score (nSPS) is 17.9. The molecule has 0 aliphatic heterocycles. The first kappa shape index (κ1) is 17.5. The van der Waals surface area contributed by atoms with Crippen molar-refractivity contribution in [2.45, 2.75) is 57.4 Å². The van der Waals surface area contributed by atoms with Crippen LogP contribution < -0.4 is 11.1 Å². The van der Waals surface area contributed by atoms with Crippen LogP contribution in [0.3, 0.4) is 0 Å². The maximum Gasteiger partial charge on any atom is 0.231 e. The molecule has 1 aromatic heterocycles. The first-order chi connectivity index (χ1) is 12.2.